The molecule has 0 aliphatic heterocycles. The van der Waals surface area contributed by atoms with Crippen molar-refractivity contribution in [3.05, 3.63) is 59.1 Å². The molecule has 2 N–H and O–H groups in total. The van der Waals surface area contributed by atoms with Crippen LogP contribution in [-0.4, -0.2) is 20.9 Å². The van der Waals surface area contributed by atoms with Gasteiger partial charge in [-0.05, 0) is 48.5 Å². The number of benzene rings is 2. The van der Waals surface area contributed by atoms with Gasteiger partial charge in [0.05, 0.1) is 4.90 Å². The SMILES string of the molecule is CCNS(=O)(=O)c1ccc(C(=O)Nc2ccc(Cl)cc2)cc1. The maximum atomic E-state index is 12.1. The lowest BCUT2D eigenvalue weighted by atomic mass is 10.2. The fraction of sp³-hybridized carbons (Fsp3) is 0.133. The molecule has 0 bridgehead atoms. The van der Waals surface area contributed by atoms with Crippen molar-refractivity contribution < 1.29 is 13.2 Å². The van der Waals surface area contributed by atoms with Crippen molar-refractivity contribution in [2.75, 3.05) is 11.9 Å². The minimum Gasteiger partial charge on any atom is -0.322 e. The Morgan fingerprint density at radius 2 is 1.64 bits per heavy atom. The van der Waals surface area contributed by atoms with E-state index in [0.29, 0.717) is 22.8 Å². The molecule has 7 heteroatoms. The zero-order valence-electron chi connectivity index (χ0n) is 11.8. The molecule has 0 heterocycles. The average Bonchev–Trinajstić information content (AvgIpc) is 2.49. The Labute approximate surface area is 134 Å². The number of amides is 1. The third kappa shape index (κ3) is 4.07. The van der Waals surface area contributed by atoms with Gasteiger partial charge >= 0.3 is 0 Å². The topological polar surface area (TPSA) is 75.3 Å². The van der Waals surface area contributed by atoms with Gasteiger partial charge in [-0.25, -0.2) is 13.1 Å². The summed E-state index contributed by atoms with van der Waals surface area (Å²) in [6, 6.07) is 12.4. The first-order valence-corrected chi connectivity index (χ1v) is 8.45. The fourth-order valence-corrected chi connectivity index (χ4v) is 2.96. The quantitative estimate of drug-likeness (QED) is 0.880. The molecule has 0 unspecified atom stereocenters. The molecule has 0 fully saturated rings. The van der Waals surface area contributed by atoms with Crippen LogP contribution in [0.1, 0.15) is 17.3 Å². The van der Waals surface area contributed by atoms with Crippen LogP contribution in [0.2, 0.25) is 5.02 Å². The van der Waals surface area contributed by atoms with E-state index in [1.54, 1.807) is 31.2 Å². The molecule has 2 aromatic carbocycles. The summed E-state index contributed by atoms with van der Waals surface area (Å²) in [7, 11) is -3.51. The van der Waals surface area contributed by atoms with Gasteiger partial charge < -0.3 is 5.32 Å². The maximum absolute atomic E-state index is 12.1. The van der Waals surface area contributed by atoms with E-state index < -0.39 is 10.0 Å². The highest BCUT2D eigenvalue weighted by atomic mass is 35.5. The minimum atomic E-state index is -3.51. The highest BCUT2D eigenvalue weighted by molar-refractivity contribution is 7.89. The van der Waals surface area contributed by atoms with Crippen LogP contribution in [-0.2, 0) is 10.0 Å². The van der Waals surface area contributed by atoms with Crippen molar-refractivity contribution in [2.24, 2.45) is 0 Å². The third-order valence-corrected chi connectivity index (χ3v) is 4.68. The molecule has 0 spiro atoms. The smallest absolute Gasteiger partial charge is 0.255 e. The van der Waals surface area contributed by atoms with Crippen LogP contribution in [0.3, 0.4) is 0 Å². The number of hydrogen-bond donors (Lipinski definition) is 2. The van der Waals surface area contributed by atoms with E-state index in [4.69, 9.17) is 11.6 Å². The van der Waals surface area contributed by atoms with Gasteiger partial charge in [0.15, 0.2) is 0 Å². The standard InChI is InChI=1S/C15H15ClN2O3S/c1-2-17-22(20,21)14-9-3-11(4-10-14)15(19)18-13-7-5-12(16)6-8-13/h3-10,17H,2H2,1H3,(H,18,19). The van der Waals surface area contributed by atoms with Crippen molar-refractivity contribution in [3.8, 4) is 0 Å². The van der Waals surface area contributed by atoms with Crippen LogP contribution in [0, 0.1) is 0 Å². The summed E-state index contributed by atoms with van der Waals surface area (Å²) in [6.07, 6.45) is 0. The number of rotatable bonds is 5. The Balaban J connectivity index is 2.13. The molecule has 0 saturated heterocycles. The van der Waals surface area contributed by atoms with Gasteiger partial charge in [0.1, 0.15) is 0 Å². The van der Waals surface area contributed by atoms with E-state index in [2.05, 4.69) is 10.0 Å². The summed E-state index contributed by atoms with van der Waals surface area (Å²) in [5.41, 5.74) is 0.976. The molecule has 0 atom stereocenters. The molecule has 0 saturated carbocycles. The summed E-state index contributed by atoms with van der Waals surface area (Å²) in [5.74, 6) is -0.324. The highest BCUT2D eigenvalue weighted by Gasteiger charge is 2.13. The number of hydrogen-bond acceptors (Lipinski definition) is 3. The molecular weight excluding hydrogens is 324 g/mol. The predicted octanol–water partition coefficient (Wildman–Crippen LogP) is 2.89. The second-order valence-corrected chi connectivity index (χ2v) is 6.69. The zero-order valence-corrected chi connectivity index (χ0v) is 13.4. The Bertz CT molecular complexity index is 756. The van der Waals surface area contributed by atoms with E-state index in [1.807, 2.05) is 0 Å². The molecule has 0 aliphatic rings. The Kier molecular flexibility index (Phi) is 5.18. The second kappa shape index (κ2) is 6.91. The molecule has 5 nitrogen and oxygen atoms in total. The molecule has 116 valence electrons. The molecule has 2 aromatic rings. The summed E-state index contributed by atoms with van der Waals surface area (Å²) in [4.78, 5) is 12.2. The third-order valence-electron chi connectivity index (χ3n) is 2.86. The van der Waals surface area contributed by atoms with Crippen LogP contribution >= 0.6 is 11.6 Å². The molecule has 0 aliphatic carbocycles. The lowest BCUT2D eigenvalue weighted by Gasteiger charge is -2.07. The molecule has 0 radical (unpaired) electrons. The van der Waals surface area contributed by atoms with Crippen molar-refractivity contribution >= 4 is 33.2 Å². The first kappa shape index (κ1) is 16.5. The number of halogens is 1. The molecule has 2 rings (SSSR count). The summed E-state index contributed by atoms with van der Waals surface area (Å²) < 4.78 is 26.0. The van der Waals surface area contributed by atoms with Gasteiger partial charge in [0, 0.05) is 22.8 Å². The largest absolute Gasteiger partial charge is 0.322 e. The van der Waals surface area contributed by atoms with Crippen molar-refractivity contribution in [2.45, 2.75) is 11.8 Å². The van der Waals surface area contributed by atoms with Gasteiger partial charge in [-0.1, -0.05) is 18.5 Å². The number of carbonyl (C=O) groups is 1. The lowest BCUT2D eigenvalue weighted by Crippen LogP contribution is -2.23. The van der Waals surface area contributed by atoms with Gasteiger partial charge in [0.25, 0.3) is 5.91 Å². The van der Waals surface area contributed by atoms with Crippen LogP contribution in [0.15, 0.2) is 53.4 Å². The Morgan fingerprint density at radius 3 is 2.18 bits per heavy atom. The number of nitrogens with one attached hydrogen (secondary N) is 2. The number of anilines is 1. The first-order valence-electron chi connectivity index (χ1n) is 6.59. The Hall–Kier alpha value is -1.89. The summed E-state index contributed by atoms with van der Waals surface area (Å²) in [6.45, 7) is 2.01. The first-order chi connectivity index (χ1) is 10.4. The van der Waals surface area contributed by atoms with Crippen molar-refractivity contribution in [1.29, 1.82) is 0 Å². The van der Waals surface area contributed by atoms with Crippen LogP contribution in [0.4, 0.5) is 5.69 Å². The molecular formula is C15H15ClN2O3S. The molecule has 0 aromatic heterocycles. The molecule has 22 heavy (non-hydrogen) atoms. The van der Waals surface area contributed by atoms with Crippen LogP contribution in [0.5, 0.6) is 0 Å². The maximum Gasteiger partial charge on any atom is 0.255 e. The van der Waals surface area contributed by atoms with Gasteiger partial charge in [-0.2, -0.15) is 0 Å². The summed E-state index contributed by atoms with van der Waals surface area (Å²) >= 11 is 5.78. The monoisotopic (exact) mass is 338 g/mol. The van der Waals surface area contributed by atoms with Crippen molar-refractivity contribution in [3.63, 3.8) is 0 Å². The Morgan fingerprint density at radius 1 is 1.05 bits per heavy atom. The van der Waals surface area contributed by atoms with E-state index in [9.17, 15) is 13.2 Å². The fourth-order valence-electron chi connectivity index (χ4n) is 1.80. The number of sulfonamides is 1. The van der Waals surface area contributed by atoms with Crippen LogP contribution in [0.25, 0.3) is 0 Å². The second-order valence-electron chi connectivity index (χ2n) is 4.49. The van der Waals surface area contributed by atoms with E-state index in [1.165, 1.54) is 24.3 Å². The van der Waals surface area contributed by atoms with E-state index in [-0.39, 0.29) is 10.8 Å². The predicted molar refractivity (Wildman–Crippen MR) is 86.7 cm³/mol. The van der Waals surface area contributed by atoms with E-state index in [0.717, 1.165) is 0 Å². The lowest BCUT2D eigenvalue weighted by molar-refractivity contribution is 0.102. The normalized spacial score (nSPS) is 11.2. The number of carbonyl (C=O) groups excluding carboxylic acids is 1. The molecule has 1 amide bonds. The highest BCUT2D eigenvalue weighted by Crippen LogP contribution is 2.15. The zero-order chi connectivity index (χ0) is 16.2. The summed E-state index contributed by atoms with van der Waals surface area (Å²) in [5, 5.41) is 3.29. The van der Waals surface area contributed by atoms with Crippen LogP contribution < -0.4 is 10.0 Å². The average molecular weight is 339 g/mol. The van der Waals surface area contributed by atoms with Gasteiger partial charge in [0.2, 0.25) is 10.0 Å². The minimum absolute atomic E-state index is 0.123. The van der Waals surface area contributed by atoms with Crippen molar-refractivity contribution in [1.82, 2.24) is 4.72 Å². The van der Waals surface area contributed by atoms with Gasteiger partial charge in [-0.15, -0.1) is 0 Å². The van der Waals surface area contributed by atoms with E-state index >= 15 is 0 Å². The van der Waals surface area contributed by atoms with Gasteiger partial charge in [-0.3, -0.25) is 4.79 Å².